The number of phenolic OH excluding ortho intramolecular Hbond substituents is 1. The Morgan fingerprint density at radius 2 is 1.45 bits per heavy atom. The van der Waals surface area contributed by atoms with Crippen molar-refractivity contribution in [1.82, 2.24) is 10.6 Å². The number of ketones is 1. The molecule has 4 atom stereocenters. The van der Waals surface area contributed by atoms with Crippen LogP contribution < -0.4 is 16.4 Å². The molecule has 9 heteroatoms. The van der Waals surface area contributed by atoms with Crippen LogP contribution in [0, 0.1) is 12.8 Å². The molecule has 3 amide bonds. The Balaban J connectivity index is 1.23. The summed E-state index contributed by atoms with van der Waals surface area (Å²) in [6, 6.07) is 26.7. The largest absolute Gasteiger partial charge is 0.508 e. The summed E-state index contributed by atoms with van der Waals surface area (Å²) in [5.41, 5.74) is 9.20. The Kier molecular flexibility index (Phi) is 9.35. The van der Waals surface area contributed by atoms with Gasteiger partial charge in [0.1, 0.15) is 5.75 Å². The van der Waals surface area contributed by atoms with Crippen LogP contribution in [0.1, 0.15) is 28.7 Å². The van der Waals surface area contributed by atoms with E-state index in [2.05, 4.69) is 10.6 Å². The highest BCUT2D eigenvalue weighted by molar-refractivity contribution is 5.98. The second-order valence-corrected chi connectivity index (χ2v) is 11.2. The van der Waals surface area contributed by atoms with Gasteiger partial charge in [-0.3, -0.25) is 19.2 Å². The fourth-order valence-electron chi connectivity index (χ4n) is 5.27. The molecule has 4 aromatic carbocycles. The van der Waals surface area contributed by atoms with Gasteiger partial charge in [-0.1, -0.05) is 84.4 Å². The maximum Gasteiger partial charge on any atom is 0.253 e. The fourth-order valence-corrected chi connectivity index (χ4v) is 5.27. The summed E-state index contributed by atoms with van der Waals surface area (Å²) in [6.07, 6.45) is -1.78. The Morgan fingerprint density at radius 3 is 2.18 bits per heavy atom. The minimum Gasteiger partial charge on any atom is -0.508 e. The van der Waals surface area contributed by atoms with Crippen molar-refractivity contribution in [2.45, 2.75) is 51.0 Å². The quantitative estimate of drug-likeness (QED) is 0.175. The summed E-state index contributed by atoms with van der Waals surface area (Å²) in [7, 11) is 0. The van der Waals surface area contributed by atoms with E-state index in [9.17, 15) is 24.3 Å². The number of benzene rings is 4. The molecule has 0 bridgehead atoms. The number of hydrogen-bond donors (Lipinski definition) is 4. The predicted octanol–water partition coefficient (Wildman–Crippen LogP) is 3.27. The summed E-state index contributed by atoms with van der Waals surface area (Å²) < 4.78 is 5.44. The molecule has 4 aromatic rings. The number of amides is 3. The third-order valence-electron chi connectivity index (χ3n) is 7.88. The van der Waals surface area contributed by atoms with Crippen LogP contribution in [0.4, 0.5) is 0 Å². The lowest BCUT2D eigenvalue weighted by Crippen LogP contribution is -2.46. The van der Waals surface area contributed by atoms with E-state index >= 15 is 0 Å². The van der Waals surface area contributed by atoms with Crippen molar-refractivity contribution in [3.05, 3.63) is 113 Å². The number of rotatable bonds is 13. The van der Waals surface area contributed by atoms with E-state index in [0.29, 0.717) is 0 Å². The van der Waals surface area contributed by atoms with E-state index in [-0.39, 0.29) is 37.3 Å². The van der Waals surface area contributed by atoms with Crippen LogP contribution in [0.2, 0.25) is 0 Å². The number of phenols is 1. The van der Waals surface area contributed by atoms with E-state index in [1.807, 2.05) is 73.7 Å². The average Bonchev–Trinajstić information content (AvgIpc) is 3.83. The van der Waals surface area contributed by atoms with Gasteiger partial charge in [0, 0.05) is 18.9 Å². The minimum absolute atomic E-state index is 0.0872. The number of carbonyl (C=O) groups is 4. The Labute approximate surface area is 255 Å². The first-order valence-corrected chi connectivity index (χ1v) is 14.5. The zero-order valence-corrected chi connectivity index (χ0v) is 24.4. The van der Waals surface area contributed by atoms with Crippen LogP contribution >= 0.6 is 0 Å². The van der Waals surface area contributed by atoms with Crippen LogP contribution in [0.5, 0.6) is 5.75 Å². The maximum absolute atomic E-state index is 13.6. The van der Waals surface area contributed by atoms with Crippen molar-refractivity contribution in [2.24, 2.45) is 11.7 Å². The normalized spacial score (nSPS) is 16.9. The fraction of sp³-hybridized carbons (Fsp3) is 0.257. The van der Waals surface area contributed by atoms with Crippen molar-refractivity contribution in [3.8, 4) is 5.75 Å². The number of nitrogens with one attached hydrogen (secondary N) is 2. The van der Waals surface area contributed by atoms with Crippen molar-refractivity contribution < 1.29 is 29.0 Å². The molecule has 1 saturated heterocycles. The van der Waals surface area contributed by atoms with Crippen LogP contribution in [0.25, 0.3) is 10.8 Å². The van der Waals surface area contributed by atoms with Gasteiger partial charge in [-0.15, -0.1) is 0 Å². The number of aromatic hydroxyl groups is 1. The molecular weight excluding hydrogens is 558 g/mol. The first-order chi connectivity index (χ1) is 21.2. The first kappa shape index (κ1) is 30.4. The van der Waals surface area contributed by atoms with Crippen LogP contribution in [-0.2, 0) is 43.3 Å². The topological polar surface area (TPSA) is 151 Å². The second-order valence-electron chi connectivity index (χ2n) is 11.2. The number of Topliss-reactive ketones (excluding diaryl/α,β-unsaturated/α-hetero) is 1. The van der Waals surface area contributed by atoms with Gasteiger partial charge in [0.25, 0.3) is 11.8 Å². The van der Waals surface area contributed by atoms with E-state index in [0.717, 1.165) is 33.0 Å². The zero-order valence-electron chi connectivity index (χ0n) is 24.4. The highest BCUT2D eigenvalue weighted by atomic mass is 16.6. The van der Waals surface area contributed by atoms with Crippen LogP contribution in [0.15, 0.2) is 91.0 Å². The molecule has 1 aliphatic heterocycles. The van der Waals surface area contributed by atoms with E-state index in [1.165, 1.54) is 12.1 Å². The number of aryl methyl sites for hydroxylation is 1. The maximum atomic E-state index is 13.6. The number of fused-ring (bicyclic) bond motifs is 1. The smallest absolute Gasteiger partial charge is 0.253 e. The van der Waals surface area contributed by atoms with Gasteiger partial charge in [-0.25, -0.2) is 0 Å². The summed E-state index contributed by atoms with van der Waals surface area (Å²) in [5, 5.41) is 17.3. The van der Waals surface area contributed by atoms with Crippen LogP contribution in [0.3, 0.4) is 0 Å². The molecule has 1 fully saturated rings. The predicted molar refractivity (Wildman–Crippen MR) is 165 cm³/mol. The molecule has 226 valence electrons. The number of primary amides is 1. The van der Waals surface area contributed by atoms with Crippen LogP contribution in [-0.4, -0.2) is 46.9 Å². The van der Waals surface area contributed by atoms with Gasteiger partial charge in [0.05, 0.1) is 6.04 Å². The number of nitrogens with two attached hydrogens (primary N) is 1. The third kappa shape index (κ3) is 7.67. The lowest BCUT2D eigenvalue weighted by Gasteiger charge is -2.20. The van der Waals surface area contributed by atoms with E-state index in [1.54, 1.807) is 12.1 Å². The molecule has 1 aliphatic rings. The van der Waals surface area contributed by atoms with Gasteiger partial charge in [-0.2, -0.15) is 0 Å². The average molecular weight is 594 g/mol. The van der Waals surface area contributed by atoms with Gasteiger partial charge in [0.15, 0.2) is 18.0 Å². The molecule has 44 heavy (non-hydrogen) atoms. The SMILES string of the molecule is Cc1ccc(C[C@H](NC(=O)[C@H]2O[C@@H]2C(=O)NCc2cccc3ccccc23)C(=O)C[C@@H](Cc2ccc(O)cc2)C(N)=O)cc1. The summed E-state index contributed by atoms with van der Waals surface area (Å²) in [5.74, 6) is -2.71. The number of ether oxygens (including phenoxy) is 1. The van der Waals surface area contributed by atoms with Crippen molar-refractivity contribution >= 4 is 34.3 Å². The Hall–Kier alpha value is -5.02. The molecular formula is C35H35N3O6. The van der Waals surface area contributed by atoms with Gasteiger partial charge >= 0.3 is 0 Å². The number of hydrogen-bond acceptors (Lipinski definition) is 6. The number of carbonyl (C=O) groups excluding carboxylic acids is 4. The highest BCUT2D eigenvalue weighted by Gasteiger charge is 2.51. The Bertz CT molecular complexity index is 1660. The lowest BCUT2D eigenvalue weighted by atomic mass is 9.89. The first-order valence-electron chi connectivity index (χ1n) is 14.5. The summed E-state index contributed by atoms with van der Waals surface area (Å²) in [6.45, 7) is 2.23. The van der Waals surface area contributed by atoms with E-state index in [4.69, 9.17) is 10.5 Å². The second kappa shape index (κ2) is 13.5. The highest BCUT2D eigenvalue weighted by Crippen LogP contribution is 2.25. The molecule has 9 nitrogen and oxygen atoms in total. The van der Waals surface area contributed by atoms with Gasteiger partial charge < -0.3 is 26.2 Å². The molecule has 5 N–H and O–H groups in total. The number of epoxide rings is 1. The van der Waals surface area contributed by atoms with Gasteiger partial charge in [0.2, 0.25) is 5.91 Å². The van der Waals surface area contributed by atoms with Crippen molar-refractivity contribution in [1.29, 1.82) is 0 Å². The van der Waals surface area contributed by atoms with Crippen molar-refractivity contribution in [2.75, 3.05) is 0 Å². The monoisotopic (exact) mass is 593 g/mol. The van der Waals surface area contributed by atoms with Gasteiger partial charge in [-0.05, 0) is 59.4 Å². The van der Waals surface area contributed by atoms with Crippen molar-refractivity contribution in [3.63, 3.8) is 0 Å². The standard InChI is InChI=1S/C35H35N3O6/c1-21-9-11-23(12-10-21)18-29(30(40)19-26(33(36)41)17-22-13-15-27(39)16-14-22)38-35(43)32-31(44-32)34(42)37-20-25-7-4-6-24-5-2-3-8-28(24)25/h2-16,26,29,31-32,39H,17-20H2,1H3,(H2,36,41)(H,37,42)(H,38,43)/t26-,29+,31+,32+/m1/s1. The molecule has 5 rings (SSSR count). The molecule has 0 radical (unpaired) electrons. The van der Waals surface area contributed by atoms with E-state index < -0.39 is 41.9 Å². The third-order valence-corrected chi connectivity index (χ3v) is 7.88. The molecule has 0 aromatic heterocycles. The Morgan fingerprint density at radius 1 is 0.818 bits per heavy atom. The summed E-state index contributed by atoms with van der Waals surface area (Å²) in [4.78, 5) is 51.9. The molecule has 0 aliphatic carbocycles. The summed E-state index contributed by atoms with van der Waals surface area (Å²) >= 11 is 0. The molecule has 1 heterocycles. The minimum atomic E-state index is -1.03. The molecule has 0 spiro atoms. The zero-order chi connectivity index (χ0) is 31.2. The lowest BCUT2D eigenvalue weighted by molar-refractivity contribution is -0.131. The molecule has 0 unspecified atom stereocenters. The molecule has 0 saturated carbocycles.